The third-order valence-electron chi connectivity index (χ3n) is 2.41. The average molecular weight is 181 g/mol. The third-order valence-corrected chi connectivity index (χ3v) is 2.41. The molecule has 0 unspecified atom stereocenters. The summed E-state index contributed by atoms with van der Waals surface area (Å²) in [6, 6.07) is 0. The lowest BCUT2D eigenvalue weighted by molar-refractivity contribution is 0.722. The van der Waals surface area contributed by atoms with Crippen molar-refractivity contribution in [1.29, 1.82) is 0 Å². The van der Waals surface area contributed by atoms with Crippen LogP contribution in [0.3, 0.4) is 0 Å². The minimum absolute atomic E-state index is 0.448. The van der Waals surface area contributed by atoms with Crippen molar-refractivity contribution in [3.05, 3.63) is 12.7 Å². The molecule has 0 rings (SSSR count). The second-order valence-electron chi connectivity index (χ2n) is 3.83. The van der Waals surface area contributed by atoms with Gasteiger partial charge in [0.2, 0.25) is 6.85 Å². The molecule has 0 aliphatic heterocycles. The maximum atomic E-state index is 5.95. The van der Waals surface area contributed by atoms with Gasteiger partial charge in [0.05, 0.1) is 0 Å². The first-order valence-electron chi connectivity index (χ1n) is 5.67. The molecule has 0 amide bonds. The Bertz CT molecular complexity index is 115. The number of allylic oxidation sites excluding steroid dienone is 1. The zero-order valence-corrected chi connectivity index (χ0v) is 9.10. The van der Waals surface area contributed by atoms with Crippen molar-refractivity contribution in [3.63, 3.8) is 0 Å². The SMILES string of the molecule is C=CCCCCCB(N)CCCC. The highest BCUT2D eigenvalue weighted by Gasteiger charge is 2.05. The average Bonchev–Trinajstić information content (AvgIpc) is 2.14. The Kier molecular flexibility index (Phi) is 9.67. The second kappa shape index (κ2) is 9.85. The van der Waals surface area contributed by atoms with E-state index in [1.54, 1.807) is 0 Å². The molecule has 0 aromatic heterocycles. The van der Waals surface area contributed by atoms with Crippen molar-refractivity contribution in [2.24, 2.45) is 5.64 Å². The fourth-order valence-electron chi connectivity index (χ4n) is 1.48. The van der Waals surface area contributed by atoms with Crippen molar-refractivity contribution in [2.45, 2.75) is 58.1 Å². The molecule has 13 heavy (non-hydrogen) atoms. The van der Waals surface area contributed by atoms with Gasteiger partial charge in [-0.05, 0) is 12.8 Å². The van der Waals surface area contributed by atoms with Gasteiger partial charge < -0.3 is 5.64 Å². The molecule has 2 heteroatoms. The van der Waals surface area contributed by atoms with Gasteiger partial charge in [-0.1, -0.05) is 51.3 Å². The van der Waals surface area contributed by atoms with Crippen LogP contribution in [0.4, 0.5) is 0 Å². The van der Waals surface area contributed by atoms with E-state index in [1.807, 2.05) is 6.08 Å². The summed E-state index contributed by atoms with van der Waals surface area (Å²) in [4.78, 5) is 0. The molecule has 0 fully saturated rings. The van der Waals surface area contributed by atoms with Crippen LogP contribution in [0.1, 0.15) is 45.4 Å². The Labute approximate surface area is 83.9 Å². The fraction of sp³-hybridized carbons (Fsp3) is 0.818. The standard InChI is InChI=1S/C11H24BN/c1-3-5-7-8-9-11-12(13)10-6-4-2/h3H,1,4-11,13H2,2H3. The molecule has 0 aliphatic carbocycles. The number of unbranched alkanes of at least 4 members (excludes halogenated alkanes) is 4. The predicted molar refractivity (Wildman–Crippen MR) is 63.1 cm³/mol. The quantitative estimate of drug-likeness (QED) is 0.329. The molecular formula is C11H24BN. The van der Waals surface area contributed by atoms with Crippen LogP contribution in [-0.4, -0.2) is 6.85 Å². The van der Waals surface area contributed by atoms with Crippen LogP contribution in [0.25, 0.3) is 0 Å². The number of hydrogen-bond acceptors (Lipinski definition) is 1. The second-order valence-corrected chi connectivity index (χ2v) is 3.83. The first-order chi connectivity index (χ1) is 6.31. The molecule has 76 valence electrons. The predicted octanol–water partition coefficient (Wildman–Crippen LogP) is 3.48. The lowest BCUT2D eigenvalue weighted by Gasteiger charge is -2.05. The van der Waals surface area contributed by atoms with Gasteiger partial charge in [0, 0.05) is 0 Å². The summed E-state index contributed by atoms with van der Waals surface area (Å²) in [5.74, 6) is 0. The Balaban J connectivity index is 3.07. The van der Waals surface area contributed by atoms with Gasteiger partial charge in [0.15, 0.2) is 0 Å². The minimum atomic E-state index is 0.448. The molecule has 0 aromatic rings. The molecule has 0 saturated carbocycles. The molecule has 0 saturated heterocycles. The van der Waals surface area contributed by atoms with Gasteiger partial charge in [-0.15, -0.1) is 6.58 Å². The van der Waals surface area contributed by atoms with Gasteiger partial charge in [0.1, 0.15) is 0 Å². The fourth-order valence-corrected chi connectivity index (χ4v) is 1.48. The Morgan fingerprint density at radius 3 is 2.46 bits per heavy atom. The molecule has 0 heterocycles. The Morgan fingerprint density at radius 2 is 1.85 bits per heavy atom. The lowest BCUT2D eigenvalue weighted by Crippen LogP contribution is -2.24. The van der Waals surface area contributed by atoms with Crippen LogP contribution in [0, 0.1) is 0 Å². The van der Waals surface area contributed by atoms with Crippen LogP contribution in [0.2, 0.25) is 12.6 Å². The van der Waals surface area contributed by atoms with Crippen LogP contribution in [-0.2, 0) is 0 Å². The van der Waals surface area contributed by atoms with E-state index in [-0.39, 0.29) is 0 Å². The lowest BCUT2D eigenvalue weighted by atomic mass is 9.56. The van der Waals surface area contributed by atoms with Gasteiger partial charge in [0.25, 0.3) is 0 Å². The summed E-state index contributed by atoms with van der Waals surface area (Å²) >= 11 is 0. The van der Waals surface area contributed by atoms with E-state index in [4.69, 9.17) is 5.64 Å². The van der Waals surface area contributed by atoms with E-state index in [2.05, 4.69) is 13.5 Å². The van der Waals surface area contributed by atoms with Gasteiger partial charge in [-0.2, -0.15) is 0 Å². The van der Waals surface area contributed by atoms with E-state index >= 15 is 0 Å². The van der Waals surface area contributed by atoms with Crippen molar-refractivity contribution < 1.29 is 0 Å². The summed E-state index contributed by atoms with van der Waals surface area (Å²) in [6.07, 6.45) is 12.0. The number of nitrogens with two attached hydrogens (primary N) is 1. The molecule has 0 atom stereocenters. The smallest absolute Gasteiger partial charge is 0.217 e. The molecule has 0 bridgehead atoms. The van der Waals surface area contributed by atoms with Crippen LogP contribution in [0.5, 0.6) is 0 Å². The highest BCUT2D eigenvalue weighted by molar-refractivity contribution is 6.55. The summed E-state index contributed by atoms with van der Waals surface area (Å²) in [5.41, 5.74) is 5.95. The van der Waals surface area contributed by atoms with Crippen LogP contribution >= 0.6 is 0 Å². The van der Waals surface area contributed by atoms with Crippen LogP contribution in [0.15, 0.2) is 12.7 Å². The van der Waals surface area contributed by atoms with E-state index in [9.17, 15) is 0 Å². The molecule has 1 nitrogen and oxygen atoms in total. The highest BCUT2D eigenvalue weighted by atomic mass is 14.4. The maximum absolute atomic E-state index is 5.95. The van der Waals surface area contributed by atoms with Crippen LogP contribution < -0.4 is 5.64 Å². The summed E-state index contributed by atoms with van der Waals surface area (Å²) in [5, 5.41) is 0. The summed E-state index contributed by atoms with van der Waals surface area (Å²) in [6.45, 7) is 6.38. The first-order valence-corrected chi connectivity index (χ1v) is 5.67. The van der Waals surface area contributed by atoms with Gasteiger partial charge >= 0.3 is 0 Å². The minimum Gasteiger partial charge on any atom is -0.370 e. The summed E-state index contributed by atoms with van der Waals surface area (Å²) in [7, 11) is 0. The van der Waals surface area contributed by atoms with Crippen molar-refractivity contribution >= 4 is 6.85 Å². The van der Waals surface area contributed by atoms with E-state index < -0.39 is 0 Å². The largest absolute Gasteiger partial charge is 0.370 e. The topological polar surface area (TPSA) is 26.0 Å². The van der Waals surface area contributed by atoms with Crippen molar-refractivity contribution in [1.82, 2.24) is 0 Å². The highest BCUT2D eigenvalue weighted by Crippen LogP contribution is 2.08. The molecule has 2 N–H and O–H groups in total. The van der Waals surface area contributed by atoms with E-state index in [1.165, 1.54) is 44.7 Å². The third kappa shape index (κ3) is 9.68. The molecule has 0 radical (unpaired) electrons. The summed E-state index contributed by atoms with van der Waals surface area (Å²) < 4.78 is 0. The Hall–Kier alpha value is -0.235. The zero-order chi connectivity index (χ0) is 9.94. The molecule has 0 spiro atoms. The van der Waals surface area contributed by atoms with Gasteiger partial charge in [-0.3, -0.25) is 0 Å². The zero-order valence-electron chi connectivity index (χ0n) is 9.10. The maximum Gasteiger partial charge on any atom is 0.217 e. The van der Waals surface area contributed by atoms with Gasteiger partial charge in [-0.25, -0.2) is 0 Å². The van der Waals surface area contributed by atoms with E-state index in [0.717, 1.165) is 6.42 Å². The first kappa shape index (κ1) is 12.8. The number of rotatable bonds is 9. The monoisotopic (exact) mass is 181 g/mol. The van der Waals surface area contributed by atoms with Crippen molar-refractivity contribution in [2.75, 3.05) is 0 Å². The molecule has 0 aromatic carbocycles. The molecular weight excluding hydrogens is 157 g/mol. The molecule has 0 aliphatic rings. The normalized spacial score (nSPS) is 10.0. The van der Waals surface area contributed by atoms with E-state index in [0.29, 0.717) is 6.85 Å². The number of hydrogen-bond donors (Lipinski definition) is 1. The van der Waals surface area contributed by atoms with Crippen molar-refractivity contribution in [3.8, 4) is 0 Å². The Morgan fingerprint density at radius 1 is 1.15 bits per heavy atom.